The Morgan fingerprint density at radius 3 is 2.21 bits per heavy atom. The molecule has 1 N–H and O–H groups in total. The highest BCUT2D eigenvalue weighted by molar-refractivity contribution is 7.98. The zero-order valence-electron chi connectivity index (χ0n) is 28.8. The molecule has 53 heavy (non-hydrogen) atoms. The first-order valence-electron chi connectivity index (χ1n) is 16.8. The van der Waals surface area contributed by atoms with Crippen molar-refractivity contribution in [3.8, 4) is 0 Å². The summed E-state index contributed by atoms with van der Waals surface area (Å²) in [6, 6.07) is 11.1. The highest BCUT2D eigenvalue weighted by Crippen LogP contribution is 2.52. The van der Waals surface area contributed by atoms with Crippen LogP contribution in [-0.2, 0) is 32.3 Å². The number of ether oxygens (including phenoxy) is 2. The molecule has 4 aromatic rings. The van der Waals surface area contributed by atoms with Crippen LogP contribution in [0.15, 0.2) is 71.8 Å². The van der Waals surface area contributed by atoms with E-state index >= 15 is 0 Å². The van der Waals surface area contributed by atoms with Crippen molar-refractivity contribution in [2.45, 2.75) is 56.7 Å². The molecule has 2 saturated heterocycles. The van der Waals surface area contributed by atoms with E-state index in [1.54, 1.807) is 35.7 Å². The van der Waals surface area contributed by atoms with Crippen LogP contribution in [-0.4, -0.2) is 78.6 Å². The SMILES string of the molecule is CSc1c2sc(C3=C(C(=O)OCc4ccc([N+](=O)[O-])cc4)N4C(=O)[C@H]([C@@H](C)O)[C@H]4[C@H]3C)cn2c[n+]1C1CCN(C(=O)OCc2ccc([N+](=O)[O-])cc2)C1. The molecular weight excluding hydrogens is 729 g/mol. The molecule has 276 valence electrons. The maximum atomic E-state index is 13.8. The van der Waals surface area contributed by atoms with Gasteiger partial charge in [0.2, 0.25) is 15.8 Å². The van der Waals surface area contributed by atoms with Gasteiger partial charge >= 0.3 is 12.1 Å². The molecule has 0 saturated carbocycles. The second-order valence-electron chi connectivity index (χ2n) is 13.2. The minimum atomic E-state index is -0.908. The summed E-state index contributed by atoms with van der Waals surface area (Å²) in [5.74, 6) is -2.00. The number of carbonyl (C=O) groups is 3. The maximum Gasteiger partial charge on any atom is 0.410 e. The molecular formula is C35H35N6O10S2+. The summed E-state index contributed by atoms with van der Waals surface area (Å²) in [4.78, 5) is 65.8. The number of esters is 1. The number of carbonyl (C=O) groups excluding carboxylic acids is 3. The summed E-state index contributed by atoms with van der Waals surface area (Å²) >= 11 is 3.02. The number of hydrogen-bond acceptors (Lipinski definition) is 12. The molecule has 18 heteroatoms. The quantitative estimate of drug-likeness (QED) is 0.0555. The maximum absolute atomic E-state index is 13.8. The first-order valence-corrected chi connectivity index (χ1v) is 18.8. The van der Waals surface area contributed by atoms with Crippen LogP contribution < -0.4 is 4.57 Å². The standard InChI is InChI=1S/C35H35N6O10S2/c1-19-27(30(39-29(19)28(20(2)42)31(39)43)34(44)50-16-21-4-8-23(9-5-21)40(46)47)26-15-37-18-38(33(52-3)32(37)53-26)25-12-13-36(14-25)35(45)51-17-22-6-10-24(11-7-22)41(48)49/h4-11,15,18-20,25,28-29,42H,12-14,16-17H2,1-3H3/q+1/t19-,20+,25?,28+,29+/m0/s1. The second kappa shape index (κ2) is 14.2. The summed E-state index contributed by atoms with van der Waals surface area (Å²) in [5.41, 5.74) is 1.85. The zero-order valence-corrected chi connectivity index (χ0v) is 30.5. The van der Waals surface area contributed by atoms with Crippen molar-refractivity contribution >= 4 is 62.8 Å². The molecule has 5 atom stereocenters. The molecule has 1 unspecified atom stereocenters. The molecule has 3 aliphatic rings. The van der Waals surface area contributed by atoms with E-state index < -0.39 is 40.0 Å². The topological polar surface area (TPSA) is 191 Å². The number of fused-ring (bicyclic) bond motifs is 2. The van der Waals surface area contributed by atoms with Gasteiger partial charge in [0.1, 0.15) is 31.1 Å². The molecule has 2 aromatic heterocycles. The van der Waals surface area contributed by atoms with Gasteiger partial charge in [-0.15, -0.1) is 0 Å². The van der Waals surface area contributed by atoms with Crippen molar-refractivity contribution in [1.82, 2.24) is 14.2 Å². The first kappa shape index (κ1) is 36.0. The third-order valence-corrected chi connectivity index (χ3v) is 12.1. The molecule has 0 aliphatic carbocycles. The van der Waals surface area contributed by atoms with Crippen molar-refractivity contribution in [1.29, 1.82) is 0 Å². The zero-order chi connectivity index (χ0) is 37.7. The van der Waals surface area contributed by atoms with Gasteiger partial charge in [0.05, 0.1) is 39.3 Å². The number of nitro groups is 2. The van der Waals surface area contributed by atoms with Crippen LogP contribution in [0.4, 0.5) is 16.2 Å². The Bertz CT molecular complexity index is 2160. The number of aliphatic hydroxyl groups excluding tert-OH is 1. The Morgan fingerprint density at radius 2 is 1.64 bits per heavy atom. The van der Waals surface area contributed by atoms with E-state index in [2.05, 4.69) is 4.57 Å². The van der Waals surface area contributed by atoms with E-state index in [-0.39, 0.29) is 48.2 Å². The Morgan fingerprint density at radius 1 is 1.04 bits per heavy atom. The number of hydrogen-bond donors (Lipinski definition) is 1. The predicted molar refractivity (Wildman–Crippen MR) is 191 cm³/mol. The number of benzene rings is 2. The lowest BCUT2D eigenvalue weighted by Gasteiger charge is -2.46. The first-order chi connectivity index (χ1) is 25.4. The van der Waals surface area contributed by atoms with E-state index in [1.807, 2.05) is 30.1 Å². The van der Waals surface area contributed by atoms with Gasteiger partial charge in [-0.2, -0.15) is 4.40 Å². The van der Waals surface area contributed by atoms with Crippen LogP contribution in [0.5, 0.6) is 0 Å². The second-order valence-corrected chi connectivity index (χ2v) is 15.0. The van der Waals surface area contributed by atoms with Gasteiger partial charge in [-0.3, -0.25) is 25.0 Å². The molecule has 2 fully saturated rings. The van der Waals surface area contributed by atoms with Gasteiger partial charge in [-0.25, -0.2) is 14.2 Å². The number of nitrogens with zero attached hydrogens (tertiary/aromatic N) is 6. The van der Waals surface area contributed by atoms with E-state index in [0.29, 0.717) is 36.2 Å². The number of β-lactam (4-membered cyclic amide) rings is 1. The fraction of sp³-hybridized carbons (Fsp3) is 0.371. The van der Waals surface area contributed by atoms with Gasteiger partial charge in [0, 0.05) is 48.7 Å². The average Bonchev–Trinajstić information content (AvgIpc) is 3.90. The lowest BCUT2D eigenvalue weighted by molar-refractivity contribution is -0.751. The van der Waals surface area contributed by atoms with Crippen LogP contribution >= 0.6 is 23.1 Å². The fourth-order valence-electron chi connectivity index (χ4n) is 7.38. The number of amides is 2. The normalized spacial score (nSPS) is 21.5. The monoisotopic (exact) mass is 763 g/mol. The Labute approximate surface area is 310 Å². The minimum absolute atomic E-state index is 0.00533. The Balaban J connectivity index is 1.11. The van der Waals surface area contributed by atoms with Gasteiger partial charge in [0.25, 0.3) is 17.7 Å². The lowest BCUT2D eigenvalue weighted by Crippen LogP contribution is -2.63. The number of aliphatic hydroxyl groups is 1. The van der Waals surface area contributed by atoms with Gasteiger partial charge in [0.15, 0.2) is 0 Å². The third kappa shape index (κ3) is 6.50. The summed E-state index contributed by atoms with van der Waals surface area (Å²) in [7, 11) is 0. The van der Waals surface area contributed by atoms with Crippen molar-refractivity contribution < 1.29 is 43.4 Å². The largest absolute Gasteiger partial charge is 0.456 e. The smallest absolute Gasteiger partial charge is 0.410 e. The predicted octanol–water partition coefficient (Wildman–Crippen LogP) is 4.72. The van der Waals surface area contributed by atoms with Crippen LogP contribution in [0.1, 0.15) is 42.3 Å². The minimum Gasteiger partial charge on any atom is -0.456 e. The van der Waals surface area contributed by atoms with Gasteiger partial charge < -0.3 is 24.4 Å². The summed E-state index contributed by atoms with van der Waals surface area (Å²) in [5, 5.41) is 33.4. The number of aromatic nitrogens is 2. The van der Waals surface area contributed by atoms with E-state index in [1.165, 1.54) is 52.6 Å². The molecule has 7 rings (SSSR count). The van der Waals surface area contributed by atoms with E-state index in [9.17, 15) is 39.7 Å². The molecule has 0 bridgehead atoms. The molecule has 0 spiro atoms. The van der Waals surface area contributed by atoms with Gasteiger partial charge in [-0.1, -0.05) is 30.0 Å². The van der Waals surface area contributed by atoms with Crippen molar-refractivity contribution in [3.63, 3.8) is 0 Å². The number of likely N-dealkylation sites (tertiary alicyclic amines) is 1. The molecule has 16 nitrogen and oxygen atoms in total. The van der Waals surface area contributed by atoms with Crippen LogP contribution in [0.3, 0.4) is 0 Å². The van der Waals surface area contributed by atoms with Crippen molar-refractivity contribution in [2.24, 2.45) is 11.8 Å². The third-order valence-electron chi connectivity index (χ3n) is 10.0. The summed E-state index contributed by atoms with van der Waals surface area (Å²) < 4.78 is 15.3. The van der Waals surface area contributed by atoms with Crippen molar-refractivity contribution in [3.05, 3.63) is 103 Å². The molecule has 2 aromatic carbocycles. The molecule has 2 amide bonds. The van der Waals surface area contributed by atoms with Gasteiger partial charge in [-0.05, 0) is 48.6 Å². The number of thioether (sulfide) groups is 1. The lowest BCUT2D eigenvalue weighted by atomic mass is 9.77. The average molecular weight is 764 g/mol. The van der Waals surface area contributed by atoms with E-state index in [4.69, 9.17) is 9.47 Å². The molecule has 0 radical (unpaired) electrons. The number of imidazole rings is 1. The van der Waals surface area contributed by atoms with Crippen molar-refractivity contribution in [2.75, 3.05) is 19.3 Å². The fourth-order valence-corrected chi connectivity index (χ4v) is 9.61. The Hall–Kier alpha value is -5.33. The number of thiazole rings is 1. The highest BCUT2D eigenvalue weighted by Gasteiger charge is 2.60. The van der Waals surface area contributed by atoms with E-state index in [0.717, 1.165) is 14.7 Å². The Kier molecular flexibility index (Phi) is 9.69. The molecule has 5 heterocycles. The molecule has 3 aliphatic heterocycles. The van der Waals surface area contributed by atoms with Crippen LogP contribution in [0.25, 0.3) is 10.4 Å². The number of rotatable bonds is 11. The summed E-state index contributed by atoms with van der Waals surface area (Å²) in [6.45, 7) is 4.26. The number of nitro benzene ring substituents is 2. The highest BCUT2D eigenvalue weighted by atomic mass is 32.2. The summed E-state index contributed by atoms with van der Waals surface area (Å²) in [6.07, 6.45) is 5.17. The van der Waals surface area contributed by atoms with Crippen LogP contribution in [0.2, 0.25) is 0 Å². The number of non-ortho nitro benzene ring substituents is 2. The van der Waals surface area contributed by atoms with Crippen LogP contribution in [0, 0.1) is 32.1 Å².